The van der Waals surface area contributed by atoms with Crippen molar-refractivity contribution < 1.29 is 17.9 Å². The lowest BCUT2D eigenvalue weighted by atomic mass is 10.1. The monoisotopic (exact) mass is 274 g/mol. The van der Waals surface area contributed by atoms with Crippen LogP contribution in [0.25, 0.3) is 0 Å². The molecule has 0 bridgehead atoms. The smallest absolute Gasteiger partial charge is 0.273 e. The fourth-order valence-electron chi connectivity index (χ4n) is 2.16. The first-order valence-corrected chi connectivity index (χ1v) is 7.48. The van der Waals surface area contributed by atoms with E-state index in [0.29, 0.717) is 5.76 Å². The van der Waals surface area contributed by atoms with Gasteiger partial charge >= 0.3 is 0 Å². The highest BCUT2D eigenvalue weighted by Crippen LogP contribution is 2.25. The topological polar surface area (TPSA) is 106 Å². The third kappa shape index (κ3) is 2.92. The van der Waals surface area contributed by atoms with Gasteiger partial charge in [0.25, 0.3) is 10.0 Å². The molecule has 0 saturated heterocycles. The van der Waals surface area contributed by atoms with E-state index in [0.717, 1.165) is 19.3 Å². The minimum atomic E-state index is -3.64. The van der Waals surface area contributed by atoms with Crippen LogP contribution in [-0.2, 0) is 16.6 Å². The maximum Gasteiger partial charge on any atom is 0.273 e. The molecule has 0 radical (unpaired) electrons. The van der Waals surface area contributed by atoms with Crippen molar-refractivity contribution in [2.75, 3.05) is 6.54 Å². The van der Waals surface area contributed by atoms with Crippen molar-refractivity contribution in [3.05, 3.63) is 17.9 Å². The van der Waals surface area contributed by atoms with Crippen LogP contribution in [0.4, 0.5) is 0 Å². The van der Waals surface area contributed by atoms with Crippen molar-refractivity contribution in [3.8, 4) is 0 Å². The minimum Gasteiger partial charge on any atom is -0.447 e. The van der Waals surface area contributed by atoms with Crippen LogP contribution < -0.4 is 10.5 Å². The molecule has 1 aliphatic rings. The average molecular weight is 274 g/mol. The Morgan fingerprint density at radius 1 is 1.44 bits per heavy atom. The molecular formula is C11H18N2O4S. The highest BCUT2D eigenvalue weighted by molar-refractivity contribution is 7.89. The van der Waals surface area contributed by atoms with Gasteiger partial charge in [-0.3, -0.25) is 0 Å². The first kappa shape index (κ1) is 13.5. The zero-order valence-electron chi connectivity index (χ0n) is 10.0. The summed E-state index contributed by atoms with van der Waals surface area (Å²) < 4.78 is 31.4. The van der Waals surface area contributed by atoms with Gasteiger partial charge in [-0.1, -0.05) is 6.42 Å². The van der Waals surface area contributed by atoms with Crippen molar-refractivity contribution in [1.82, 2.24) is 4.72 Å². The lowest BCUT2D eigenvalue weighted by molar-refractivity contribution is 0.134. The summed E-state index contributed by atoms with van der Waals surface area (Å²) in [7, 11) is -3.64. The van der Waals surface area contributed by atoms with Crippen LogP contribution in [0.15, 0.2) is 21.6 Å². The second-order valence-electron chi connectivity index (χ2n) is 4.54. The van der Waals surface area contributed by atoms with Crippen LogP contribution in [0, 0.1) is 5.92 Å². The summed E-state index contributed by atoms with van der Waals surface area (Å²) in [5.74, 6) is 0.417. The normalized spacial score (nSPS) is 24.6. The first-order chi connectivity index (χ1) is 8.53. The molecule has 0 aliphatic heterocycles. The predicted octanol–water partition coefficient (Wildman–Crippen LogP) is 0.178. The molecular weight excluding hydrogens is 256 g/mol. The van der Waals surface area contributed by atoms with E-state index in [1.165, 1.54) is 6.07 Å². The predicted molar refractivity (Wildman–Crippen MR) is 65.1 cm³/mol. The van der Waals surface area contributed by atoms with Gasteiger partial charge in [-0.2, -0.15) is 0 Å². The molecule has 1 aliphatic carbocycles. The van der Waals surface area contributed by atoms with E-state index < -0.39 is 16.1 Å². The van der Waals surface area contributed by atoms with E-state index in [-0.39, 0.29) is 24.1 Å². The molecule has 1 saturated carbocycles. The number of aliphatic hydroxyl groups excluding tert-OH is 1. The lowest BCUT2D eigenvalue weighted by Gasteiger charge is -2.14. The van der Waals surface area contributed by atoms with Crippen LogP contribution in [0.3, 0.4) is 0 Å². The van der Waals surface area contributed by atoms with Gasteiger partial charge in [0.15, 0.2) is 0 Å². The summed E-state index contributed by atoms with van der Waals surface area (Å²) in [6, 6.07) is 2.93. The Kier molecular flexibility index (Phi) is 4.06. The first-order valence-electron chi connectivity index (χ1n) is 5.99. The quantitative estimate of drug-likeness (QED) is 0.710. The zero-order valence-corrected chi connectivity index (χ0v) is 10.8. The number of hydrogen-bond donors (Lipinski definition) is 3. The zero-order chi connectivity index (χ0) is 13.2. The molecule has 4 N–H and O–H groups in total. The van der Waals surface area contributed by atoms with E-state index >= 15 is 0 Å². The van der Waals surface area contributed by atoms with Crippen LogP contribution >= 0.6 is 0 Å². The van der Waals surface area contributed by atoms with Crippen molar-refractivity contribution in [3.63, 3.8) is 0 Å². The van der Waals surface area contributed by atoms with Crippen molar-refractivity contribution >= 4 is 10.0 Å². The number of furan rings is 1. The average Bonchev–Trinajstić information content (AvgIpc) is 2.95. The summed E-state index contributed by atoms with van der Waals surface area (Å²) in [4.78, 5) is 0. The Morgan fingerprint density at radius 3 is 2.78 bits per heavy atom. The number of hydrogen-bond acceptors (Lipinski definition) is 5. The fourth-order valence-corrected chi connectivity index (χ4v) is 3.20. The maximum absolute atomic E-state index is 11.9. The van der Waals surface area contributed by atoms with Gasteiger partial charge in [0.2, 0.25) is 5.09 Å². The molecule has 18 heavy (non-hydrogen) atoms. The molecule has 2 atom stereocenters. The van der Waals surface area contributed by atoms with Crippen LogP contribution in [-0.4, -0.2) is 26.2 Å². The molecule has 2 rings (SSSR count). The molecule has 1 heterocycles. The van der Waals surface area contributed by atoms with Gasteiger partial charge in [-0.15, -0.1) is 0 Å². The standard InChI is InChI=1S/C11H18N2O4S/c12-6-9-4-5-11(17-9)18(15,16)13-7-8-2-1-3-10(8)14/h4-5,8,10,13-14H,1-3,6-7,12H2. The molecule has 0 aromatic carbocycles. The number of rotatable bonds is 5. The molecule has 102 valence electrons. The van der Waals surface area contributed by atoms with Gasteiger partial charge in [0, 0.05) is 6.54 Å². The van der Waals surface area contributed by atoms with Gasteiger partial charge in [0.05, 0.1) is 12.6 Å². The Balaban J connectivity index is 1.98. The van der Waals surface area contributed by atoms with E-state index in [1.54, 1.807) is 6.07 Å². The molecule has 0 spiro atoms. The van der Waals surface area contributed by atoms with Crippen LogP contribution in [0.5, 0.6) is 0 Å². The number of aliphatic hydroxyl groups is 1. The number of nitrogens with one attached hydrogen (secondary N) is 1. The van der Waals surface area contributed by atoms with E-state index in [9.17, 15) is 13.5 Å². The van der Waals surface area contributed by atoms with Crippen LogP contribution in [0.1, 0.15) is 25.0 Å². The molecule has 1 aromatic heterocycles. The summed E-state index contributed by atoms with van der Waals surface area (Å²) in [6.45, 7) is 0.402. The SMILES string of the molecule is NCc1ccc(S(=O)(=O)NCC2CCCC2O)o1. The van der Waals surface area contributed by atoms with E-state index in [4.69, 9.17) is 10.2 Å². The molecule has 2 unspecified atom stereocenters. The number of nitrogens with two attached hydrogens (primary N) is 1. The van der Waals surface area contributed by atoms with Gasteiger partial charge in [-0.25, -0.2) is 13.1 Å². The summed E-state index contributed by atoms with van der Waals surface area (Å²) in [5, 5.41) is 9.49. The molecule has 6 nitrogen and oxygen atoms in total. The second kappa shape index (κ2) is 5.40. The molecule has 7 heteroatoms. The van der Waals surface area contributed by atoms with Crippen molar-refractivity contribution in [2.24, 2.45) is 11.7 Å². The Labute approximate surface area is 106 Å². The Morgan fingerprint density at radius 2 is 2.22 bits per heavy atom. The summed E-state index contributed by atoms with van der Waals surface area (Å²) >= 11 is 0. The third-order valence-electron chi connectivity index (χ3n) is 3.26. The van der Waals surface area contributed by atoms with Gasteiger partial charge in [-0.05, 0) is 30.9 Å². The van der Waals surface area contributed by atoms with E-state index in [1.807, 2.05) is 0 Å². The van der Waals surface area contributed by atoms with Crippen molar-refractivity contribution in [1.29, 1.82) is 0 Å². The summed E-state index contributed by atoms with van der Waals surface area (Å²) in [6.07, 6.45) is 2.11. The summed E-state index contributed by atoms with van der Waals surface area (Å²) in [5.41, 5.74) is 5.36. The third-order valence-corrected chi connectivity index (χ3v) is 4.55. The highest BCUT2D eigenvalue weighted by Gasteiger charge is 2.27. The molecule has 1 aromatic rings. The van der Waals surface area contributed by atoms with Gasteiger partial charge in [0.1, 0.15) is 5.76 Å². The van der Waals surface area contributed by atoms with Crippen molar-refractivity contribution in [2.45, 2.75) is 37.0 Å². The van der Waals surface area contributed by atoms with Gasteiger partial charge < -0.3 is 15.3 Å². The Bertz CT molecular complexity index is 497. The maximum atomic E-state index is 11.9. The van der Waals surface area contributed by atoms with E-state index in [2.05, 4.69) is 4.72 Å². The lowest BCUT2D eigenvalue weighted by Crippen LogP contribution is -2.32. The largest absolute Gasteiger partial charge is 0.447 e. The van der Waals surface area contributed by atoms with Crippen LogP contribution in [0.2, 0.25) is 0 Å². The fraction of sp³-hybridized carbons (Fsp3) is 0.636. The minimum absolute atomic E-state index is 0.0104. The Hall–Kier alpha value is -0.890. The number of sulfonamides is 1. The molecule has 1 fully saturated rings. The molecule has 0 amide bonds. The second-order valence-corrected chi connectivity index (χ2v) is 6.23. The highest BCUT2D eigenvalue weighted by atomic mass is 32.2.